The maximum atomic E-state index is 2.41. The molecular formula is C25H54P+. The summed E-state index contributed by atoms with van der Waals surface area (Å²) < 4.78 is 0. The summed E-state index contributed by atoms with van der Waals surface area (Å²) in [6, 6.07) is 0. The Labute approximate surface area is 169 Å². The quantitative estimate of drug-likeness (QED) is 0.136. The van der Waals surface area contributed by atoms with Crippen LogP contribution in [0.5, 0.6) is 0 Å². The first-order chi connectivity index (χ1) is 12.7. The molecule has 0 atom stereocenters. The molecule has 26 heavy (non-hydrogen) atoms. The van der Waals surface area contributed by atoms with Crippen molar-refractivity contribution in [1.29, 1.82) is 0 Å². The molecule has 0 bridgehead atoms. The summed E-state index contributed by atoms with van der Waals surface area (Å²) in [7, 11) is -0.581. The van der Waals surface area contributed by atoms with E-state index in [4.69, 9.17) is 0 Å². The van der Waals surface area contributed by atoms with Crippen molar-refractivity contribution >= 4 is 7.26 Å². The van der Waals surface area contributed by atoms with Crippen molar-refractivity contribution in [3.8, 4) is 0 Å². The van der Waals surface area contributed by atoms with Gasteiger partial charge in [-0.3, -0.25) is 0 Å². The maximum absolute atomic E-state index is 2.41. The molecule has 0 amide bonds. The SMILES string of the molecule is CCCCCCCCCCCCCCCC[P+](CCC)(CCC)CCC. The predicted molar refractivity (Wildman–Crippen MR) is 128 cm³/mol. The highest BCUT2D eigenvalue weighted by atomic mass is 31.2. The smallest absolute Gasteiger partial charge is 0.0594 e. The van der Waals surface area contributed by atoms with Crippen molar-refractivity contribution < 1.29 is 0 Å². The molecule has 0 aromatic rings. The fraction of sp³-hybridized carbons (Fsp3) is 1.00. The minimum Gasteiger partial charge on any atom is -0.0654 e. The molecule has 0 N–H and O–H groups in total. The average molecular weight is 386 g/mol. The van der Waals surface area contributed by atoms with Crippen molar-refractivity contribution in [3.63, 3.8) is 0 Å². The monoisotopic (exact) mass is 385 g/mol. The minimum absolute atomic E-state index is 0.581. The largest absolute Gasteiger partial charge is 0.0654 e. The van der Waals surface area contributed by atoms with E-state index in [1.54, 1.807) is 24.6 Å². The highest BCUT2D eigenvalue weighted by Gasteiger charge is 2.33. The van der Waals surface area contributed by atoms with Gasteiger partial charge in [0, 0.05) is 7.26 Å². The van der Waals surface area contributed by atoms with Gasteiger partial charge >= 0.3 is 0 Å². The van der Waals surface area contributed by atoms with E-state index in [0.717, 1.165) is 0 Å². The molecule has 0 aliphatic carbocycles. The second kappa shape index (κ2) is 20.2. The third-order valence-electron chi connectivity index (χ3n) is 6.08. The van der Waals surface area contributed by atoms with E-state index >= 15 is 0 Å². The van der Waals surface area contributed by atoms with Crippen LogP contribution in [0, 0.1) is 0 Å². The Balaban J connectivity index is 3.52. The molecule has 0 fully saturated rings. The average Bonchev–Trinajstić information content (AvgIpc) is 2.63. The van der Waals surface area contributed by atoms with Crippen molar-refractivity contribution in [2.24, 2.45) is 0 Å². The van der Waals surface area contributed by atoms with Crippen LogP contribution in [0.1, 0.15) is 137 Å². The zero-order valence-electron chi connectivity index (χ0n) is 19.3. The van der Waals surface area contributed by atoms with Gasteiger partial charge in [-0.25, -0.2) is 0 Å². The lowest BCUT2D eigenvalue weighted by Crippen LogP contribution is -2.11. The lowest BCUT2D eigenvalue weighted by molar-refractivity contribution is 0.538. The van der Waals surface area contributed by atoms with Gasteiger partial charge in [0.15, 0.2) is 0 Å². The van der Waals surface area contributed by atoms with E-state index in [0.29, 0.717) is 0 Å². The minimum atomic E-state index is -0.581. The first-order valence-corrected chi connectivity index (χ1v) is 15.1. The van der Waals surface area contributed by atoms with E-state index in [1.165, 1.54) is 109 Å². The van der Waals surface area contributed by atoms with E-state index in [1.807, 2.05) is 0 Å². The van der Waals surface area contributed by atoms with Crippen molar-refractivity contribution in [2.75, 3.05) is 24.6 Å². The fourth-order valence-electron chi connectivity index (χ4n) is 4.74. The van der Waals surface area contributed by atoms with E-state index in [2.05, 4.69) is 27.7 Å². The van der Waals surface area contributed by atoms with E-state index in [9.17, 15) is 0 Å². The first-order valence-electron chi connectivity index (χ1n) is 12.6. The normalized spacial score (nSPS) is 12.0. The summed E-state index contributed by atoms with van der Waals surface area (Å²) in [5, 5.41) is 0. The van der Waals surface area contributed by atoms with Gasteiger partial charge in [-0.15, -0.1) is 0 Å². The summed E-state index contributed by atoms with van der Waals surface area (Å²) in [5.74, 6) is 0. The van der Waals surface area contributed by atoms with Gasteiger partial charge in [0.05, 0.1) is 24.6 Å². The Bertz CT molecular complexity index is 244. The summed E-state index contributed by atoms with van der Waals surface area (Å²) in [6.45, 7) is 9.53. The van der Waals surface area contributed by atoms with Crippen LogP contribution in [0.3, 0.4) is 0 Å². The van der Waals surface area contributed by atoms with Crippen LogP contribution in [0.25, 0.3) is 0 Å². The summed E-state index contributed by atoms with van der Waals surface area (Å²) in [5.41, 5.74) is 0. The van der Waals surface area contributed by atoms with Crippen LogP contribution in [-0.2, 0) is 0 Å². The van der Waals surface area contributed by atoms with Crippen LogP contribution in [0.15, 0.2) is 0 Å². The van der Waals surface area contributed by atoms with Crippen LogP contribution in [0.2, 0.25) is 0 Å². The van der Waals surface area contributed by atoms with Crippen LogP contribution in [-0.4, -0.2) is 24.6 Å². The van der Waals surface area contributed by atoms with Gasteiger partial charge in [-0.2, -0.15) is 0 Å². The molecule has 0 radical (unpaired) electrons. The van der Waals surface area contributed by atoms with Gasteiger partial charge in [-0.05, 0) is 32.1 Å². The first kappa shape index (κ1) is 26.4. The molecule has 0 nitrogen and oxygen atoms in total. The van der Waals surface area contributed by atoms with Crippen molar-refractivity contribution in [2.45, 2.75) is 137 Å². The molecule has 1 heteroatoms. The Morgan fingerprint density at radius 3 is 0.923 bits per heavy atom. The van der Waals surface area contributed by atoms with Crippen LogP contribution in [0.4, 0.5) is 0 Å². The molecule has 0 saturated heterocycles. The lowest BCUT2D eigenvalue weighted by atomic mass is 10.0. The van der Waals surface area contributed by atoms with Crippen molar-refractivity contribution in [1.82, 2.24) is 0 Å². The third kappa shape index (κ3) is 15.5. The standard InChI is InChI=1S/C25H54P/c1-5-9-10-11-12-13-14-15-16-17-18-19-20-21-25-26(22-6-2,23-7-3)24-8-4/h5-25H2,1-4H3/q+1. The van der Waals surface area contributed by atoms with Gasteiger partial charge in [-0.1, -0.05) is 105 Å². The van der Waals surface area contributed by atoms with Gasteiger partial charge < -0.3 is 0 Å². The summed E-state index contributed by atoms with van der Waals surface area (Å²) in [4.78, 5) is 0. The third-order valence-corrected chi connectivity index (χ3v) is 11.5. The van der Waals surface area contributed by atoms with Crippen LogP contribution < -0.4 is 0 Å². The molecule has 0 spiro atoms. The van der Waals surface area contributed by atoms with Gasteiger partial charge in [0.2, 0.25) is 0 Å². The number of hydrogen-bond donors (Lipinski definition) is 0. The van der Waals surface area contributed by atoms with E-state index in [-0.39, 0.29) is 0 Å². The number of hydrogen-bond acceptors (Lipinski definition) is 0. The maximum Gasteiger partial charge on any atom is 0.0594 e. The molecule has 0 saturated carbocycles. The van der Waals surface area contributed by atoms with Gasteiger partial charge in [0.1, 0.15) is 0 Å². The summed E-state index contributed by atoms with van der Waals surface area (Å²) >= 11 is 0. The summed E-state index contributed by atoms with van der Waals surface area (Å²) in [6.07, 6.45) is 31.4. The number of unbranched alkanes of at least 4 members (excludes halogenated alkanes) is 13. The lowest BCUT2D eigenvalue weighted by Gasteiger charge is -2.27. The molecule has 0 aromatic heterocycles. The van der Waals surface area contributed by atoms with Gasteiger partial charge in [0.25, 0.3) is 0 Å². The molecule has 0 aliphatic heterocycles. The predicted octanol–water partition coefficient (Wildman–Crippen LogP) is 9.72. The highest BCUT2D eigenvalue weighted by Crippen LogP contribution is 2.60. The molecule has 0 aromatic carbocycles. The Morgan fingerprint density at radius 1 is 0.308 bits per heavy atom. The topological polar surface area (TPSA) is 0 Å². The molecule has 0 aliphatic rings. The zero-order valence-corrected chi connectivity index (χ0v) is 20.2. The molecule has 0 unspecified atom stereocenters. The van der Waals surface area contributed by atoms with Crippen LogP contribution >= 0.6 is 7.26 Å². The van der Waals surface area contributed by atoms with Crippen molar-refractivity contribution in [3.05, 3.63) is 0 Å². The second-order valence-corrected chi connectivity index (χ2v) is 13.3. The Morgan fingerprint density at radius 2 is 0.615 bits per heavy atom. The molecule has 0 rings (SSSR count). The molecule has 158 valence electrons. The Kier molecular flexibility index (Phi) is 20.5. The zero-order chi connectivity index (χ0) is 19.3. The fourth-order valence-corrected chi connectivity index (χ4v) is 9.82. The molecule has 0 heterocycles. The highest BCUT2D eigenvalue weighted by molar-refractivity contribution is 7.75. The second-order valence-electron chi connectivity index (χ2n) is 8.83. The Hall–Kier alpha value is 0.430. The number of rotatable bonds is 21. The van der Waals surface area contributed by atoms with E-state index < -0.39 is 7.26 Å². The molecular weight excluding hydrogens is 331 g/mol.